The fourth-order valence-corrected chi connectivity index (χ4v) is 1.76. The summed E-state index contributed by atoms with van der Waals surface area (Å²) < 4.78 is 1.31. The minimum Gasteiger partial charge on any atom is -0.480 e. The highest BCUT2D eigenvalue weighted by atomic mass is 16.4. The number of aromatic nitrogens is 4. The van der Waals surface area contributed by atoms with Crippen molar-refractivity contribution < 1.29 is 9.90 Å². The number of carboxylic acid groups (broad SMARTS) is 1. The predicted octanol–water partition coefficient (Wildman–Crippen LogP) is 0.965. The van der Waals surface area contributed by atoms with Crippen molar-refractivity contribution in [3.8, 4) is 0 Å². The van der Waals surface area contributed by atoms with Gasteiger partial charge in [0.05, 0.1) is 0 Å². The average molecular weight is 246 g/mol. The molecule has 0 aliphatic rings. The summed E-state index contributed by atoms with van der Waals surface area (Å²) >= 11 is 0. The smallest absolute Gasteiger partial charge is 0.325 e. The van der Waals surface area contributed by atoms with Gasteiger partial charge in [-0.15, -0.1) is 5.10 Å². The SMILES string of the molecule is Cc1ccc(C)c(Cc2nnnn2CC(=O)O)c1. The second-order valence-electron chi connectivity index (χ2n) is 4.25. The molecule has 0 atom stereocenters. The number of nitrogens with zero attached hydrogens (tertiary/aromatic N) is 4. The molecule has 1 heterocycles. The van der Waals surface area contributed by atoms with E-state index in [2.05, 4.69) is 21.6 Å². The van der Waals surface area contributed by atoms with Crippen molar-refractivity contribution >= 4 is 5.97 Å². The van der Waals surface area contributed by atoms with Crippen molar-refractivity contribution in [1.82, 2.24) is 20.2 Å². The molecule has 1 aromatic carbocycles. The summed E-state index contributed by atoms with van der Waals surface area (Å²) in [6.45, 7) is 3.82. The topological polar surface area (TPSA) is 80.9 Å². The number of benzene rings is 1. The Kier molecular flexibility index (Phi) is 3.36. The number of aliphatic carboxylic acids is 1. The molecular formula is C12H14N4O2. The summed E-state index contributed by atoms with van der Waals surface area (Å²) in [5.41, 5.74) is 3.41. The van der Waals surface area contributed by atoms with E-state index in [1.807, 2.05) is 26.0 Å². The van der Waals surface area contributed by atoms with Crippen LogP contribution in [0.15, 0.2) is 18.2 Å². The van der Waals surface area contributed by atoms with Gasteiger partial charge in [-0.1, -0.05) is 23.8 Å². The van der Waals surface area contributed by atoms with Gasteiger partial charge in [0.25, 0.3) is 0 Å². The Balaban J connectivity index is 2.26. The molecule has 0 spiro atoms. The highest BCUT2D eigenvalue weighted by Gasteiger charge is 2.11. The first-order valence-electron chi connectivity index (χ1n) is 5.59. The Morgan fingerprint density at radius 1 is 1.39 bits per heavy atom. The summed E-state index contributed by atoms with van der Waals surface area (Å²) in [4.78, 5) is 10.7. The molecule has 0 unspecified atom stereocenters. The van der Waals surface area contributed by atoms with Gasteiger partial charge >= 0.3 is 5.97 Å². The molecule has 6 nitrogen and oxygen atoms in total. The zero-order valence-corrected chi connectivity index (χ0v) is 10.3. The summed E-state index contributed by atoms with van der Waals surface area (Å²) in [6.07, 6.45) is 0.536. The Labute approximate surface area is 104 Å². The fourth-order valence-electron chi connectivity index (χ4n) is 1.76. The summed E-state index contributed by atoms with van der Waals surface area (Å²) in [5, 5.41) is 19.8. The minimum atomic E-state index is -0.954. The van der Waals surface area contributed by atoms with Gasteiger partial charge in [-0.05, 0) is 35.4 Å². The van der Waals surface area contributed by atoms with Crippen molar-refractivity contribution in [1.29, 1.82) is 0 Å². The second-order valence-corrected chi connectivity index (χ2v) is 4.25. The molecule has 0 aliphatic carbocycles. The summed E-state index contributed by atoms with van der Waals surface area (Å²) in [5.74, 6) is -0.393. The lowest BCUT2D eigenvalue weighted by Gasteiger charge is -2.06. The molecule has 0 fully saturated rings. The molecule has 0 amide bonds. The van der Waals surface area contributed by atoms with Crippen LogP contribution in [-0.2, 0) is 17.8 Å². The van der Waals surface area contributed by atoms with Gasteiger partial charge in [-0.25, -0.2) is 4.68 Å². The molecule has 1 N–H and O–H groups in total. The Hall–Kier alpha value is -2.24. The maximum atomic E-state index is 10.7. The minimum absolute atomic E-state index is 0.215. The lowest BCUT2D eigenvalue weighted by atomic mass is 10.0. The van der Waals surface area contributed by atoms with Crippen LogP contribution in [0.3, 0.4) is 0 Å². The molecule has 0 saturated carbocycles. The van der Waals surface area contributed by atoms with E-state index in [9.17, 15) is 4.79 Å². The standard InChI is InChI=1S/C12H14N4O2/c1-8-3-4-9(2)10(5-8)6-11-13-14-15-16(11)7-12(17)18/h3-5H,6-7H2,1-2H3,(H,17,18). The number of tetrazole rings is 1. The van der Waals surface area contributed by atoms with E-state index in [0.29, 0.717) is 12.2 Å². The number of carbonyl (C=O) groups is 1. The van der Waals surface area contributed by atoms with Crippen LogP contribution >= 0.6 is 0 Å². The molecule has 0 radical (unpaired) electrons. The highest BCUT2D eigenvalue weighted by molar-refractivity contribution is 5.66. The van der Waals surface area contributed by atoms with Gasteiger partial charge in [0.1, 0.15) is 6.54 Å². The van der Waals surface area contributed by atoms with Gasteiger partial charge in [0.15, 0.2) is 5.82 Å². The number of hydrogen-bond acceptors (Lipinski definition) is 4. The maximum Gasteiger partial charge on any atom is 0.325 e. The molecule has 2 aromatic rings. The fraction of sp³-hybridized carbons (Fsp3) is 0.333. The van der Waals surface area contributed by atoms with Gasteiger partial charge in [-0.2, -0.15) is 0 Å². The summed E-state index contributed by atoms with van der Waals surface area (Å²) in [6, 6.07) is 6.14. The normalized spacial score (nSPS) is 10.6. The monoisotopic (exact) mass is 246 g/mol. The third-order valence-electron chi connectivity index (χ3n) is 2.74. The Morgan fingerprint density at radius 3 is 2.89 bits per heavy atom. The van der Waals surface area contributed by atoms with Crippen LogP contribution in [0, 0.1) is 13.8 Å². The van der Waals surface area contributed by atoms with E-state index in [1.165, 1.54) is 4.68 Å². The van der Waals surface area contributed by atoms with Crippen molar-refractivity contribution in [2.24, 2.45) is 0 Å². The molecule has 94 valence electrons. The maximum absolute atomic E-state index is 10.7. The molecule has 18 heavy (non-hydrogen) atoms. The molecule has 2 rings (SSSR count). The Morgan fingerprint density at radius 2 is 2.17 bits per heavy atom. The quantitative estimate of drug-likeness (QED) is 0.869. The van der Waals surface area contributed by atoms with Crippen LogP contribution in [0.25, 0.3) is 0 Å². The number of carboxylic acids is 1. The third-order valence-corrected chi connectivity index (χ3v) is 2.74. The molecule has 6 heteroatoms. The van der Waals surface area contributed by atoms with Gasteiger partial charge < -0.3 is 5.11 Å². The lowest BCUT2D eigenvalue weighted by molar-refractivity contribution is -0.138. The van der Waals surface area contributed by atoms with Gasteiger partial charge in [-0.3, -0.25) is 4.79 Å². The van der Waals surface area contributed by atoms with Crippen molar-refractivity contribution in [3.63, 3.8) is 0 Å². The number of rotatable bonds is 4. The van der Waals surface area contributed by atoms with E-state index in [1.54, 1.807) is 0 Å². The first kappa shape index (κ1) is 12.2. The zero-order valence-electron chi connectivity index (χ0n) is 10.3. The predicted molar refractivity (Wildman–Crippen MR) is 64.2 cm³/mol. The molecular weight excluding hydrogens is 232 g/mol. The van der Waals surface area contributed by atoms with Crippen LogP contribution < -0.4 is 0 Å². The first-order valence-corrected chi connectivity index (χ1v) is 5.59. The highest BCUT2D eigenvalue weighted by Crippen LogP contribution is 2.14. The van der Waals surface area contributed by atoms with E-state index in [-0.39, 0.29) is 6.54 Å². The molecule has 0 saturated heterocycles. The van der Waals surface area contributed by atoms with Crippen LogP contribution in [0.1, 0.15) is 22.5 Å². The first-order chi connectivity index (χ1) is 8.56. The van der Waals surface area contributed by atoms with Crippen molar-refractivity contribution in [3.05, 3.63) is 40.7 Å². The molecule has 0 aliphatic heterocycles. The number of aryl methyl sites for hydroxylation is 2. The van der Waals surface area contributed by atoms with E-state index in [0.717, 1.165) is 16.7 Å². The largest absolute Gasteiger partial charge is 0.480 e. The average Bonchev–Trinajstić information content (AvgIpc) is 2.70. The van der Waals surface area contributed by atoms with Crippen LogP contribution in [0.4, 0.5) is 0 Å². The third kappa shape index (κ3) is 2.71. The van der Waals surface area contributed by atoms with E-state index in [4.69, 9.17) is 5.11 Å². The zero-order chi connectivity index (χ0) is 13.1. The molecule has 1 aromatic heterocycles. The second kappa shape index (κ2) is 4.95. The van der Waals surface area contributed by atoms with Crippen LogP contribution in [0.5, 0.6) is 0 Å². The van der Waals surface area contributed by atoms with Crippen molar-refractivity contribution in [2.45, 2.75) is 26.8 Å². The number of hydrogen-bond donors (Lipinski definition) is 1. The van der Waals surface area contributed by atoms with Crippen LogP contribution in [0.2, 0.25) is 0 Å². The van der Waals surface area contributed by atoms with Crippen molar-refractivity contribution in [2.75, 3.05) is 0 Å². The molecule has 0 bridgehead atoms. The summed E-state index contributed by atoms with van der Waals surface area (Å²) in [7, 11) is 0. The Bertz CT molecular complexity index is 577. The van der Waals surface area contributed by atoms with E-state index >= 15 is 0 Å². The van der Waals surface area contributed by atoms with E-state index < -0.39 is 5.97 Å². The lowest BCUT2D eigenvalue weighted by Crippen LogP contribution is -2.14. The van der Waals surface area contributed by atoms with Gasteiger partial charge in [0, 0.05) is 6.42 Å². The van der Waals surface area contributed by atoms with Gasteiger partial charge in [0.2, 0.25) is 0 Å². The van der Waals surface area contributed by atoms with Crippen LogP contribution in [-0.4, -0.2) is 31.3 Å².